The number of nitrogens with zero attached hydrogens (tertiary/aromatic N) is 1. The van der Waals surface area contributed by atoms with Gasteiger partial charge >= 0.3 is 0 Å². The Hall–Kier alpha value is -2.50. The molecule has 0 bridgehead atoms. The molecule has 0 radical (unpaired) electrons. The SMILES string of the molecule is Cc1cccc(NC(N)=NCc2cccc(S(=O)(=O)NCc3cccc(F)c3)c2)c1.I. The van der Waals surface area contributed by atoms with Crippen LogP contribution in [0.2, 0.25) is 0 Å². The first-order valence-corrected chi connectivity index (χ1v) is 10.8. The van der Waals surface area contributed by atoms with E-state index in [0.29, 0.717) is 11.1 Å². The summed E-state index contributed by atoms with van der Waals surface area (Å²) in [5.41, 5.74) is 9.08. The molecule has 31 heavy (non-hydrogen) atoms. The molecule has 0 spiro atoms. The zero-order chi connectivity index (χ0) is 21.6. The lowest BCUT2D eigenvalue weighted by Gasteiger charge is -2.09. The van der Waals surface area contributed by atoms with Crippen molar-refractivity contribution in [3.8, 4) is 0 Å². The van der Waals surface area contributed by atoms with Crippen molar-refractivity contribution in [3.63, 3.8) is 0 Å². The van der Waals surface area contributed by atoms with Gasteiger partial charge in [-0.25, -0.2) is 22.5 Å². The molecule has 0 aliphatic carbocycles. The third kappa shape index (κ3) is 7.60. The lowest BCUT2D eigenvalue weighted by Crippen LogP contribution is -2.23. The van der Waals surface area contributed by atoms with Gasteiger partial charge < -0.3 is 11.1 Å². The number of sulfonamides is 1. The van der Waals surface area contributed by atoms with E-state index in [0.717, 1.165) is 11.3 Å². The van der Waals surface area contributed by atoms with Crippen molar-refractivity contribution in [3.05, 3.63) is 95.3 Å². The Balaban J connectivity index is 0.00000341. The Morgan fingerprint density at radius 1 is 1.00 bits per heavy atom. The molecule has 6 nitrogen and oxygen atoms in total. The van der Waals surface area contributed by atoms with Crippen molar-refractivity contribution in [2.24, 2.45) is 10.7 Å². The van der Waals surface area contributed by atoms with E-state index in [-0.39, 0.29) is 47.9 Å². The number of nitrogens with two attached hydrogens (primary N) is 1. The van der Waals surface area contributed by atoms with E-state index in [4.69, 9.17) is 5.73 Å². The van der Waals surface area contributed by atoms with E-state index < -0.39 is 15.8 Å². The number of aryl methyl sites for hydroxylation is 1. The van der Waals surface area contributed by atoms with Crippen LogP contribution in [0.1, 0.15) is 16.7 Å². The third-order valence-corrected chi connectivity index (χ3v) is 5.69. The van der Waals surface area contributed by atoms with E-state index in [2.05, 4.69) is 15.0 Å². The van der Waals surface area contributed by atoms with Crippen molar-refractivity contribution in [1.29, 1.82) is 0 Å². The Morgan fingerprint density at radius 3 is 2.45 bits per heavy atom. The number of benzene rings is 3. The highest BCUT2D eigenvalue weighted by molar-refractivity contribution is 14.0. The molecule has 0 saturated carbocycles. The summed E-state index contributed by atoms with van der Waals surface area (Å²) in [4.78, 5) is 4.38. The van der Waals surface area contributed by atoms with Gasteiger partial charge in [0.25, 0.3) is 0 Å². The lowest BCUT2D eigenvalue weighted by atomic mass is 10.2. The fourth-order valence-electron chi connectivity index (χ4n) is 2.81. The number of hydrogen-bond donors (Lipinski definition) is 3. The molecule has 4 N–H and O–H groups in total. The second-order valence-electron chi connectivity index (χ2n) is 6.80. The van der Waals surface area contributed by atoms with Crippen molar-refractivity contribution in [1.82, 2.24) is 4.72 Å². The van der Waals surface area contributed by atoms with Gasteiger partial charge in [0.2, 0.25) is 10.0 Å². The molecule has 0 aromatic heterocycles. The van der Waals surface area contributed by atoms with Gasteiger partial charge in [-0.3, -0.25) is 0 Å². The number of hydrogen-bond acceptors (Lipinski definition) is 3. The van der Waals surface area contributed by atoms with E-state index in [9.17, 15) is 12.8 Å². The molecular weight excluding hydrogens is 530 g/mol. The lowest BCUT2D eigenvalue weighted by molar-refractivity contribution is 0.580. The maximum Gasteiger partial charge on any atom is 0.240 e. The Bertz CT molecular complexity index is 1170. The van der Waals surface area contributed by atoms with Crippen LogP contribution in [0.4, 0.5) is 10.1 Å². The van der Waals surface area contributed by atoms with Crippen LogP contribution in [0.3, 0.4) is 0 Å². The largest absolute Gasteiger partial charge is 0.370 e. The normalized spacial score (nSPS) is 11.6. The Labute approximate surface area is 198 Å². The summed E-state index contributed by atoms with van der Waals surface area (Å²) in [6.07, 6.45) is 0. The molecule has 9 heteroatoms. The van der Waals surface area contributed by atoms with Crippen molar-refractivity contribution < 1.29 is 12.8 Å². The second-order valence-corrected chi connectivity index (χ2v) is 8.56. The molecule has 3 aromatic carbocycles. The topological polar surface area (TPSA) is 96.6 Å². The molecule has 0 aliphatic heterocycles. The van der Waals surface area contributed by atoms with Crippen LogP contribution in [0.5, 0.6) is 0 Å². The Kier molecular flexibility index (Phi) is 8.96. The second kappa shape index (κ2) is 11.2. The summed E-state index contributed by atoms with van der Waals surface area (Å²) in [5, 5.41) is 3.01. The van der Waals surface area contributed by atoms with Crippen LogP contribution in [-0.2, 0) is 23.1 Å². The minimum atomic E-state index is -3.75. The summed E-state index contributed by atoms with van der Waals surface area (Å²) in [7, 11) is -3.75. The van der Waals surface area contributed by atoms with Crippen LogP contribution in [0.15, 0.2) is 82.7 Å². The van der Waals surface area contributed by atoms with Gasteiger partial charge in [-0.1, -0.05) is 36.4 Å². The van der Waals surface area contributed by atoms with Crippen molar-refractivity contribution in [2.75, 3.05) is 5.32 Å². The fraction of sp³-hybridized carbons (Fsp3) is 0.136. The highest BCUT2D eigenvalue weighted by Gasteiger charge is 2.14. The Morgan fingerprint density at radius 2 is 1.71 bits per heavy atom. The summed E-state index contributed by atoms with van der Waals surface area (Å²) in [5.74, 6) is -0.179. The van der Waals surface area contributed by atoms with E-state index >= 15 is 0 Å². The zero-order valence-electron chi connectivity index (χ0n) is 16.9. The van der Waals surface area contributed by atoms with Crippen LogP contribution in [-0.4, -0.2) is 14.4 Å². The number of nitrogens with one attached hydrogen (secondary N) is 2. The molecule has 0 fully saturated rings. The van der Waals surface area contributed by atoms with Gasteiger partial charge in [-0.15, -0.1) is 24.0 Å². The van der Waals surface area contributed by atoms with Crippen LogP contribution in [0.25, 0.3) is 0 Å². The number of anilines is 1. The first kappa shape index (κ1) is 24.8. The summed E-state index contributed by atoms with van der Waals surface area (Å²) < 4.78 is 40.9. The van der Waals surface area contributed by atoms with Crippen LogP contribution in [0, 0.1) is 12.7 Å². The smallest absolute Gasteiger partial charge is 0.240 e. The summed E-state index contributed by atoms with van der Waals surface area (Å²) in [6.45, 7) is 2.19. The fourth-order valence-corrected chi connectivity index (χ4v) is 3.89. The van der Waals surface area contributed by atoms with Crippen molar-refractivity contribution in [2.45, 2.75) is 24.9 Å². The monoisotopic (exact) mass is 554 g/mol. The molecule has 0 heterocycles. The maximum atomic E-state index is 13.3. The molecule has 164 valence electrons. The minimum absolute atomic E-state index is 0. The zero-order valence-corrected chi connectivity index (χ0v) is 20.0. The van der Waals surface area contributed by atoms with E-state index in [1.165, 1.54) is 30.3 Å². The average molecular weight is 554 g/mol. The number of halogens is 2. The predicted molar refractivity (Wildman–Crippen MR) is 132 cm³/mol. The molecule has 0 atom stereocenters. The summed E-state index contributed by atoms with van der Waals surface area (Å²) in [6, 6.07) is 20.0. The minimum Gasteiger partial charge on any atom is -0.370 e. The van der Waals surface area contributed by atoms with E-state index in [1.807, 2.05) is 31.2 Å². The van der Waals surface area contributed by atoms with Gasteiger partial charge in [-0.2, -0.15) is 0 Å². The maximum absolute atomic E-state index is 13.3. The predicted octanol–water partition coefficient (Wildman–Crippen LogP) is 4.16. The van der Waals surface area contributed by atoms with E-state index in [1.54, 1.807) is 18.2 Å². The average Bonchev–Trinajstić information content (AvgIpc) is 2.71. The highest BCUT2D eigenvalue weighted by Crippen LogP contribution is 2.14. The highest BCUT2D eigenvalue weighted by atomic mass is 127. The first-order valence-electron chi connectivity index (χ1n) is 9.28. The number of aliphatic imine (C=N–C) groups is 1. The molecule has 3 rings (SSSR count). The molecule has 3 aromatic rings. The molecule has 0 saturated heterocycles. The van der Waals surface area contributed by atoms with Gasteiger partial charge in [0.15, 0.2) is 5.96 Å². The number of guanidine groups is 1. The molecule has 0 unspecified atom stereocenters. The van der Waals surface area contributed by atoms with Crippen molar-refractivity contribution >= 4 is 45.6 Å². The van der Waals surface area contributed by atoms with Gasteiger partial charge in [0.1, 0.15) is 5.82 Å². The molecule has 0 amide bonds. The standard InChI is InChI=1S/C22H23FN4O2S.HI/c1-16-5-2-9-20(11-16)27-22(24)25-14-18-7-4-10-21(13-18)30(28,29)26-15-17-6-3-8-19(23)12-17;/h2-13,26H,14-15H2,1H3,(H3,24,25,27);1H. The summed E-state index contributed by atoms with van der Waals surface area (Å²) >= 11 is 0. The molecular formula is C22H24FIN4O2S. The quantitative estimate of drug-likeness (QED) is 0.232. The first-order chi connectivity index (χ1) is 14.3. The van der Waals surface area contributed by atoms with Gasteiger partial charge in [0, 0.05) is 12.2 Å². The van der Waals surface area contributed by atoms with Gasteiger partial charge in [-0.05, 0) is 60.0 Å². The number of rotatable bonds is 7. The molecule has 0 aliphatic rings. The van der Waals surface area contributed by atoms with Gasteiger partial charge in [0.05, 0.1) is 11.4 Å². The third-order valence-electron chi connectivity index (χ3n) is 4.29. The van der Waals surface area contributed by atoms with Crippen LogP contribution >= 0.6 is 24.0 Å². The van der Waals surface area contributed by atoms with Crippen LogP contribution < -0.4 is 15.8 Å².